The summed E-state index contributed by atoms with van der Waals surface area (Å²) in [5.41, 5.74) is 0. The van der Waals surface area contributed by atoms with Crippen molar-refractivity contribution in [3.05, 3.63) is 0 Å². The second-order valence-electron chi connectivity index (χ2n) is 4.87. The van der Waals surface area contributed by atoms with Gasteiger partial charge in [0.1, 0.15) is 6.54 Å². The van der Waals surface area contributed by atoms with Crippen molar-refractivity contribution in [2.24, 2.45) is 4.99 Å². The van der Waals surface area contributed by atoms with Crippen molar-refractivity contribution in [1.29, 1.82) is 0 Å². The van der Waals surface area contributed by atoms with E-state index in [4.69, 9.17) is 0 Å². The zero-order valence-corrected chi connectivity index (χ0v) is 13.0. The summed E-state index contributed by atoms with van der Waals surface area (Å²) in [7, 11) is 3.49. The van der Waals surface area contributed by atoms with Crippen molar-refractivity contribution in [2.45, 2.75) is 46.0 Å². The van der Waals surface area contributed by atoms with Crippen LogP contribution in [-0.4, -0.2) is 50.5 Å². The van der Waals surface area contributed by atoms with Crippen LogP contribution in [0.2, 0.25) is 0 Å². The Labute approximate surface area is 117 Å². The highest BCUT2D eigenvalue weighted by atomic mass is 16.2. The molecule has 2 N–H and O–H groups in total. The normalized spacial score (nSPS) is 11.3. The van der Waals surface area contributed by atoms with Crippen LogP contribution in [0.3, 0.4) is 0 Å². The van der Waals surface area contributed by atoms with Crippen molar-refractivity contribution in [3.8, 4) is 0 Å². The first-order valence-corrected chi connectivity index (χ1v) is 7.34. The Bertz CT molecular complexity index is 264. The summed E-state index contributed by atoms with van der Waals surface area (Å²) < 4.78 is 0. The van der Waals surface area contributed by atoms with Gasteiger partial charge in [-0.1, -0.05) is 33.1 Å². The minimum absolute atomic E-state index is 0.0187. The van der Waals surface area contributed by atoms with Crippen LogP contribution in [0.15, 0.2) is 4.99 Å². The Balaban J connectivity index is 4.14. The summed E-state index contributed by atoms with van der Waals surface area (Å²) in [6, 6.07) is 0. The van der Waals surface area contributed by atoms with E-state index < -0.39 is 0 Å². The predicted molar refractivity (Wildman–Crippen MR) is 81.4 cm³/mol. The first-order chi connectivity index (χ1) is 9.11. The molecule has 5 nitrogen and oxygen atoms in total. The molecule has 5 heteroatoms. The number of hydrogen-bond donors (Lipinski definition) is 2. The maximum Gasteiger partial charge on any atom is 0.243 e. The third-order valence-corrected chi connectivity index (χ3v) is 2.77. The molecular formula is C14H30N4O. The van der Waals surface area contributed by atoms with E-state index in [1.807, 2.05) is 0 Å². The van der Waals surface area contributed by atoms with Crippen molar-refractivity contribution < 1.29 is 4.79 Å². The number of unbranched alkanes of at least 4 members (excludes halogenated alkanes) is 3. The quantitative estimate of drug-likeness (QED) is 0.380. The van der Waals surface area contributed by atoms with E-state index in [9.17, 15) is 4.79 Å². The van der Waals surface area contributed by atoms with Gasteiger partial charge in [0.05, 0.1) is 0 Å². The number of hydrogen-bond acceptors (Lipinski definition) is 2. The van der Waals surface area contributed by atoms with E-state index in [1.54, 1.807) is 19.0 Å². The van der Waals surface area contributed by atoms with Crippen molar-refractivity contribution in [1.82, 2.24) is 15.5 Å². The Hall–Kier alpha value is -1.26. The van der Waals surface area contributed by atoms with Gasteiger partial charge in [-0.25, -0.2) is 4.99 Å². The molecule has 0 aliphatic carbocycles. The highest BCUT2D eigenvalue weighted by Gasteiger charge is 2.03. The standard InChI is InChI=1S/C14H30N4O/c1-5-7-9-11-16-14(15-10-8-6-2)17-12-13(19)18(3)4/h5-12H2,1-4H3,(H2,15,16,17). The SMILES string of the molecule is CCCCCNC(=NCC(=O)N(C)C)NCCCC. The minimum Gasteiger partial charge on any atom is -0.356 e. The number of aliphatic imine (C=N–C) groups is 1. The van der Waals surface area contributed by atoms with Gasteiger partial charge in [0, 0.05) is 27.2 Å². The van der Waals surface area contributed by atoms with Crippen LogP contribution >= 0.6 is 0 Å². The topological polar surface area (TPSA) is 56.7 Å². The molecule has 0 atom stereocenters. The number of nitrogens with one attached hydrogen (secondary N) is 2. The van der Waals surface area contributed by atoms with Gasteiger partial charge in [-0.2, -0.15) is 0 Å². The van der Waals surface area contributed by atoms with Crippen molar-refractivity contribution >= 4 is 11.9 Å². The van der Waals surface area contributed by atoms with Crippen LogP contribution in [0.1, 0.15) is 46.0 Å². The first kappa shape index (κ1) is 17.7. The van der Waals surface area contributed by atoms with Gasteiger partial charge < -0.3 is 15.5 Å². The smallest absolute Gasteiger partial charge is 0.243 e. The van der Waals surface area contributed by atoms with Crippen LogP contribution in [-0.2, 0) is 4.79 Å². The number of guanidine groups is 1. The molecule has 0 radical (unpaired) electrons. The van der Waals surface area contributed by atoms with E-state index in [-0.39, 0.29) is 12.5 Å². The van der Waals surface area contributed by atoms with Gasteiger partial charge in [-0.05, 0) is 12.8 Å². The fraction of sp³-hybridized carbons (Fsp3) is 0.857. The van der Waals surface area contributed by atoms with Crippen molar-refractivity contribution in [2.75, 3.05) is 33.7 Å². The summed E-state index contributed by atoms with van der Waals surface area (Å²) in [5, 5.41) is 6.54. The number of rotatable bonds is 9. The predicted octanol–water partition coefficient (Wildman–Crippen LogP) is 1.60. The molecule has 0 saturated heterocycles. The zero-order valence-electron chi connectivity index (χ0n) is 13.0. The van der Waals surface area contributed by atoms with Crippen LogP contribution in [0, 0.1) is 0 Å². The number of carbonyl (C=O) groups excluding carboxylic acids is 1. The van der Waals surface area contributed by atoms with E-state index in [2.05, 4.69) is 29.5 Å². The fourth-order valence-electron chi connectivity index (χ4n) is 1.43. The number of likely N-dealkylation sites (N-methyl/N-ethyl adjacent to an activating group) is 1. The maximum atomic E-state index is 11.5. The summed E-state index contributed by atoms with van der Waals surface area (Å²) in [6.07, 6.45) is 5.80. The highest BCUT2D eigenvalue weighted by molar-refractivity contribution is 5.84. The second kappa shape index (κ2) is 11.8. The molecule has 0 aromatic rings. The highest BCUT2D eigenvalue weighted by Crippen LogP contribution is 1.91. The van der Waals surface area contributed by atoms with Gasteiger partial charge in [0.15, 0.2) is 5.96 Å². The van der Waals surface area contributed by atoms with E-state index in [0.29, 0.717) is 0 Å². The Morgan fingerprint density at radius 2 is 1.58 bits per heavy atom. The average Bonchev–Trinajstić information content (AvgIpc) is 2.39. The third-order valence-electron chi connectivity index (χ3n) is 2.77. The molecule has 0 unspecified atom stereocenters. The molecular weight excluding hydrogens is 240 g/mol. The lowest BCUT2D eigenvalue weighted by Crippen LogP contribution is -2.39. The first-order valence-electron chi connectivity index (χ1n) is 7.34. The van der Waals surface area contributed by atoms with Gasteiger partial charge >= 0.3 is 0 Å². The lowest BCUT2D eigenvalue weighted by molar-refractivity contribution is -0.127. The molecule has 0 aliphatic heterocycles. The van der Waals surface area contributed by atoms with Gasteiger partial charge in [-0.15, -0.1) is 0 Å². The van der Waals surface area contributed by atoms with Crippen LogP contribution in [0.25, 0.3) is 0 Å². The number of amides is 1. The van der Waals surface area contributed by atoms with E-state index in [0.717, 1.165) is 38.3 Å². The lowest BCUT2D eigenvalue weighted by atomic mass is 10.2. The molecule has 1 amide bonds. The summed E-state index contributed by atoms with van der Waals surface area (Å²) in [4.78, 5) is 17.4. The monoisotopic (exact) mass is 270 g/mol. The molecule has 0 spiro atoms. The van der Waals surface area contributed by atoms with Crippen LogP contribution in [0.4, 0.5) is 0 Å². The van der Waals surface area contributed by atoms with Gasteiger partial charge in [0.2, 0.25) is 5.91 Å². The number of carbonyl (C=O) groups is 1. The molecule has 19 heavy (non-hydrogen) atoms. The Kier molecular flexibility index (Phi) is 11.0. The van der Waals surface area contributed by atoms with Crippen molar-refractivity contribution in [3.63, 3.8) is 0 Å². The van der Waals surface area contributed by atoms with Gasteiger partial charge in [-0.3, -0.25) is 4.79 Å². The minimum atomic E-state index is 0.0187. The second-order valence-corrected chi connectivity index (χ2v) is 4.87. The average molecular weight is 270 g/mol. The molecule has 0 fully saturated rings. The third kappa shape index (κ3) is 10.4. The van der Waals surface area contributed by atoms with Crippen LogP contribution < -0.4 is 10.6 Å². The number of nitrogens with zero attached hydrogens (tertiary/aromatic N) is 2. The molecule has 0 aromatic heterocycles. The molecule has 112 valence electrons. The van der Waals surface area contributed by atoms with Crippen LogP contribution in [0.5, 0.6) is 0 Å². The molecule has 0 aromatic carbocycles. The van der Waals surface area contributed by atoms with E-state index >= 15 is 0 Å². The maximum absolute atomic E-state index is 11.5. The lowest BCUT2D eigenvalue weighted by Gasteiger charge is -2.13. The van der Waals surface area contributed by atoms with Gasteiger partial charge in [0.25, 0.3) is 0 Å². The molecule has 0 heterocycles. The Morgan fingerprint density at radius 1 is 1.00 bits per heavy atom. The molecule has 0 bridgehead atoms. The summed E-state index contributed by atoms with van der Waals surface area (Å²) in [6.45, 7) is 6.34. The summed E-state index contributed by atoms with van der Waals surface area (Å²) >= 11 is 0. The Morgan fingerprint density at radius 3 is 2.11 bits per heavy atom. The molecule has 0 rings (SSSR count). The van der Waals surface area contributed by atoms with E-state index in [1.165, 1.54) is 12.8 Å². The fourth-order valence-corrected chi connectivity index (χ4v) is 1.43. The molecule has 0 aliphatic rings. The molecule has 0 saturated carbocycles. The zero-order chi connectivity index (χ0) is 14.5. The summed E-state index contributed by atoms with van der Waals surface area (Å²) in [5.74, 6) is 0.768. The largest absolute Gasteiger partial charge is 0.356 e.